The van der Waals surface area contributed by atoms with Crippen LogP contribution in [0.15, 0.2) is 0 Å². The maximum Gasteiger partial charge on any atom is 0.0594 e. The van der Waals surface area contributed by atoms with Gasteiger partial charge in [0.1, 0.15) is 0 Å². The van der Waals surface area contributed by atoms with Gasteiger partial charge in [-0.25, -0.2) is 0 Å². The predicted octanol–water partition coefficient (Wildman–Crippen LogP) is 0.836. The summed E-state index contributed by atoms with van der Waals surface area (Å²) in [5.41, 5.74) is 5.34. The van der Waals surface area contributed by atoms with Gasteiger partial charge < -0.3 is 10.5 Å². The predicted molar refractivity (Wildman–Crippen MR) is 54.8 cm³/mol. The molecule has 0 saturated carbocycles. The summed E-state index contributed by atoms with van der Waals surface area (Å²) in [4.78, 5) is 2.51. The molecule has 0 aromatic carbocycles. The average Bonchev–Trinajstić information content (AvgIpc) is 2.15. The van der Waals surface area contributed by atoms with Gasteiger partial charge >= 0.3 is 0 Å². The maximum absolute atomic E-state index is 5.37. The van der Waals surface area contributed by atoms with E-state index in [2.05, 4.69) is 11.8 Å². The highest BCUT2D eigenvalue weighted by Gasteiger charge is 2.16. The van der Waals surface area contributed by atoms with Crippen molar-refractivity contribution in [3.63, 3.8) is 0 Å². The lowest BCUT2D eigenvalue weighted by molar-refractivity contribution is 0.0802. The normalized spacial score (nSPS) is 24.9. The minimum absolute atomic E-state index is 0.634. The second-order valence-corrected chi connectivity index (χ2v) is 3.78. The fourth-order valence-electron chi connectivity index (χ4n) is 1.86. The molecule has 1 rings (SSSR count). The van der Waals surface area contributed by atoms with Crippen molar-refractivity contribution in [2.75, 3.05) is 32.8 Å². The highest BCUT2D eigenvalue weighted by molar-refractivity contribution is 4.72. The summed E-state index contributed by atoms with van der Waals surface area (Å²) in [6.45, 7) is 6.79. The molecule has 0 spiro atoms. The molecule has 0 aromatic heterocycles. The molecule has 2 N–H and O–H groups in total. The zero-order valence-corrected chi connectivity index (χ0v) is 8.67. The largest absolute Gasteiger partial charge is 0.379 e. The highest BCUT2D eigenvalue weighted by atomic mass is 16.5. The summed E-state index contributed by atoms with van der Waals surface area (Å²) < 4.78 is 5.37. The fourth-order valence-corrected chi connectivity index (χ4v) is 1.86. The standard InChI is InChI=1S/C10H22N2O/c1-10-4-2-3-6-12(10)7-9-13-8-5-11/h10H,2-9,11H2,1H3. The zero-order chi connectivity index (χ0) is 9.52. The number of piperidine rings is 1. The molecule has 1 heterocycles. The van der Waals surface area contributed by atoms with Crippen LogP contribution in [0.2, 0.25) is 0 Å². The van der Waals surface area contributed by atoms with Crippen molar-refractivity contribution in [1.29, 1.82) is 0 Å². The van der Waals surface area contributed by atoms with Crippen LogP contribution in [0.4, 0.5) is 0 Å². The Bertz CT molecular complexity index is 130. The lowest BCUT2D eigenvalue weighted by Gasteiger charge is -2.33. The molecular weight excluding hydrogens is 164 g/mol. The number of likely N-dealkylation sites (tertiary alicyclic amines) is 1. The first-order valence-corrected chi connectivity index (χ1v) is 5.36. The second kappa shape index (κ2) is 6.35. The quantitative estimate of drug-likeness (QED) is 0.647. The van der Waals surface area contributed by atoms with E-state index in [1.54, 1.807) is 0 Å². The molecule has 0 bridgehead atoms. The van der Waals surface area contributed by atoms with Crippen LogP contribution in [0.25, 0.3) is 0 Å². The molecule has 1 saturated heterocycles. The zero-order valence-electron chi connectivity index (χ0n) is 8.67. The van der Waals surface area contributed by atoms with Crippen LogP contribution in [0.1, 0.15) is 26.2 Å². The molecule has 1 fully saturated rings. The van der Waals surface area contributed by atoms with Crippen LogP contribution in [-0.4, -0.2) is 43.8 Å². The van der Waals surface area contributed by atoms with Crippen molar-refractivity contribution in [2.45, 2.75) is 32.2 Å². The Hall–Kier alpha value is -0.120. The first-order chi connectivity index (χ1) is 6.34. The van der Waals surface area contributed by atoms with Crippen LogP contribution in [-0.2, 0) is 4.74 Å². The van der Waals surface area contributed by atoms with Crippen LogP contribution >= 0.6 is 0 Å². The molecule has 1 aliphatic heterocycles. The van der Waals surface area contributed by atoms with Gasteiger partial charge in [-0.05, 0) is 26.3 Å². The van der Waals surface area contributed by atoms with Crippen molar-refractivity contribution in [3.05, 3.63) is 0 Å². The lowest BCUT2D eigenvalue weighted by atomic mass is 10.0. The minimum Gasteiger partial charge on any atom is -0.379 e. The Kier molecular flexibility index (Phi) is 5.35. The second-order valence-electron chi connectivity index (χ2n) is 3.78. The molecule has 1 aliphatic rings. The van der Waals surface area contributed by atoms with Gasteiger partial charge in [-0.3, -0.25) is 4.90 Å². The molecular formula is C10H22N2O. The van der Waals surface area contributed by atoms with Crippen molar-refractivity contribution in [1.82, 2.24) is 4.90 Å². The summed E-state index contributed by atoms with van der Waals surface area (Å²) in [6, 6.07) is 0.746. The summed E-state index contributed by atoms with van der Waals surface area (Å²) >= 11 is 0. The number of hydrogen-bond donors (Lipinski definition) is 1. The molecule has 1 unspecified atom stereocenters. The number of nitrogens with two attached hydrogens (primary N) is 1. The van der Waals surface area contributed by atoms with Crippen LogP contribution in [0, 0.1) is 0 Å². The minimum atomic E-state index is 0.634. The topological polar surface area (TPSA) is 38.5 Å². The smallest absolute Gasteiger partial charge is 0.0594 e. The van der Waals surface area contributed by atoms with Gasteiger partial charge in [0.15, 0.2) is 0 Å². The number of ether oxygens (including phenoxy) is 1. The molecule has 78 valence electrons. The van der Waals surface area contributed by atoms with Crippen molar-refractivity contribution >= 4 is 0 Å². The van der Waals surface area contributed by atoms with E-state index in [4.69, 9.17) is 10.5 Å². The Morgan fingerprint density at radius 3 is 2.92 bits per heavy atom. The van der Waals surface area contributed by atoms with Gasteiger partial charge in [-0.1, -0.05) is 6.42 Å². The monoisotopic (exact) mass is 186 g/mol. The van der Waals surface area contributed by atoms with Gasteiger partial charge in [0.05, 0.1) is 13.2 Å². The van der Waals surface area contributed by atoms with Gasteiger partial charge in [0, 0.05) is 19.1 Å². The van der Waals surface area contributed by atoms with Crippen LogP contribution < -0.4 is 5.73 Å². The first-order valence-electron chi connectivity index (χ1n) is 5.36. The molecule has 1 atom stereocenters. The number of rotatable bonds is 5. The SMILES string of the molecule is CC1CCCCN1CCOCCN. The van der Waals surface area contributed by atoms with Gasteiger partial charge in [-0.15, -0.1) is 0 Å². The third-order valence-electron chi connectivity index (χ3n) is 2.73. The van der Waals surface area contributed by atoms with Crippen LogP contribution in [0.5, 0.6) is 0 Å². The third-order valence-corrected chi connectivity index (χ3v) is 2.73. The van der Waals surface area contributed by atoms with E-state index < -0.39 is 0 Å². The molecule has 0 aliphatic carbocycles. The van der Waals surface area contributed by atoms with E-state index >= 15 is 0 Å². The van der Waals surface area contributed by atoms with Gasteiger partial charge in [-0.2, -0.15) is 0 Å². The number of nitrogens with zero attached hydrogens (tertiary/aromatic N) is 1. The first kappa shape index (κ1) is 11.0. The highest BCUT2D eigenvalue weighted by Crippen LogP contribution is 2.15. The van der Waals surface area contributed by atoms with E-state index in [1.807, 2.05) is 0 Å². The summed E-state index contributed by atoms with van der Waals surface area (Å²) in [6.07, 6.45) is 4.08. The average molecular weight is 186 g/mol. The van der Waals surface area contributed by atoms with E-state index in [0.717, 1.165) is 19.2 Å². The van der Waals surface area contributed by atoms with E-state index in [0.29, 0.717) is 13.2 Å². The molecule has 0 amide bonds. The number of hydrogen-bond acceptors (Lipinski definition) is 3. The van der Waals surface area contributed by atoms with Crippen molar-refractivity contribution in [3.8, 4) is 0 Å². The molecule has 3 heteroatoms. The molecule has 0 aromatic rings. The third kappa shape index (κ3) is 4.07. The van der Waals surface area contributed by atoms with Crippen LogP contribution in [0.3, 0.4) is 0 Å². The van der Waals surface area contributed by atoms with Crippen molar-refractivity contribution < 1.29 is 4.74 Å². The summed E-state index contributed by atoms with van der Waals surface area (Å²) in [7, 11) is 0. The van der Waals surface area contributed by atoms with E-state index in [9.17, 15) is 0 Å². The lowest BCUT2D eigenvalue weighted by Crippen LogP contribution is -2.39. The van der Waals surface area contributed by atoms with Gasteiger partial charge in [0.25, 0.3) is 0 Å². The Labute approximate surface area is 81.2 Å². The van der Waals surface area contributed by atoms with Gasteiger partial charge in [0.2, 0.25) is 0 Å². The Morgan fingerprint density at radius 2 is 2.23 bits per heavy atom. The maximum atomic E-state index is 5.37. The summed E-state index contributed by atoms with van der Waals surface area (Å²) in [5, 5.41) is 0. The fraction of sp³-hybridized carbons (Fsp3) is 1.00. The van der Waals surface area contributed by atoms with E-state index in [-0.39, 0.29) is 0 Å². The molecule has 0 radical (unpaired) electrons. The Balaban J connectivity index is 2.05. The molecule has 3 nitrogen and oxygen atoms in total. The Morgan fingerprint density at radius 1 is 1.38 bits per heavy atom. The van der Waals surface area contributed by atoms with Crippen molar-refractivity contribution in [2.24, 2.45) is 5.73 Å². The van der Waals surface area contributed by atoms with E-state index in [1.165, 1.54) is 25.8 Å². The summed E-state index contributed by atoms with van der Waals surface area (Å²) in [5.74, 6) is 0. The molecule has 13 heavy (non-hydrogen) atoms.